The third-order valence-electron chi connectivity index (χ3n) is 6.44. The van der Waals surface area contributed by atoms with E-state index in [4.69, 9.17) is 9.47 Å². The number of aliphatic hydroxyl groups excluding tert-OH is 1. The zero-order valence-electron chi connectivity index (χ0n) is 16.1. The quantitative estimate of drug-likeness (QED) is 0.667. The molecule has 1 aliphatic carbocycles. The maximum Gasteiger partial charge on any atom is 0.119 e. The number of hydrogen-bond donors (Lipinski definition) is 3. The van der Waals surface area contributed by atoms with E-state index in [1.165, 1.54) is 5.57 Å². The van der Waals surface area contributed by atoms with Crippen LogP contribution in [0.4, 0.5) is 4.39 Å². The molecule has 0 aromatic rings. The number of nitrogens with zero attached hydrogens (tertiary/aromatic N) is 1. The Morgan fingerprint density at radius 3 is 3.15 bits per heavy atom. The van der Waals surface area contributed by atoms with Gasteiger partial charge in [0, 0.05) is 31.5 Å². The van der Waals surface area contributed by atoms with Crippen molar-refractivity contribution in [2.24, 2.45) is 5.92 Å². The predicted molar refractivity (Wildman–Crippen MR) is 101 cm³/mol. The van der Waals surface area contributed by atoms with Gasteiger partial charge in [-0.3, -0.25) is 4.90 Å². The number of piperidine rings is 1. The highest BCUT2D eigenvalue weighted by Gasteiger charge is 2.38. The minimum absolute atomic E-state index is 0.0470. The summed E-state index contributed by atoms with van der Waals surface area (Å²) in [5.41, 5.74) is 1.42. The molecule has 6 nitrogen and oxygen atoms in total. The standard InChI is InChI=1S/C20H32FN3O3/c1-24-6-7-26-19-9-14(11-22-20(19)24)18-4-2-13-8-16(3-5-17(13)23-18)27-12-15(25)10-21/h3,11,13,15,17-20,22-23,25H,2,4-10,12H2,1H3/t13-,15?,17+,18?,19-,20-/m1/s1. The molecule has 2 saturated heterocycles. The van der Waals surface area contributed by atoms with Crippen LogP contribution in [-0.2, 0) is 9.47 Å². The van der Waals surface area contributed by atoms with Crippen molar-refractivity contribution in [3.05, 3.63) is 23.6 Å². The lowest BCUT2D eigenvalue weighted by molar-refractivity contribution is -0.0727. The second kappa shape index (κ2) is 8.47. The molecule has 0 saturated carbocycles. The molecule has 4 aliphatic rings. The highest BCUT2D eigenvalue weighted by atomic mass is 19.1. The number of allylic oxidation sites excluding steroid dienone is 1. The first-order chi connectivity index (χ1) is 13.1. The van der Waals surface area contributed by atoms with Crippen LogP contribution in [0.1, 0.15) is 32.1 Å². The van der Waals surface area contributed by atoms with Gasteiger partial charge in [0.05, 0.1) is 18.5 Å². The first-order valence-corrected chi connectivity index (χ1v) is 10.2. The minimum Gasteiger partial charge on any atom is -0.495 e. The van der Waals surface area contributed by atoms with Crippen LogP contribution in [0.3, 0.4) is 0 Å². The molecule has 0 radical (unpaired) electrons. The van der Waals surface area contributed by atoms with Crippen LogP contribution in [-0.4, -0.2) is 73.9 Å². The number of hydrogen-bond acceptors (Lipinski definition) is 6. The molecule has 0 bridgehead atoms. The van der Waals surface area contributed by atoms with Gasteiger partial charge in [-0.1, -0.05) is 0 Å². The Bertz CT molecular complexity index is 585. The van der Waals surface area contributed by atoms with Gasteiger partial charge < -0.3 is 25.2 Å². The molecule has 3 aliphatic heterocycles. The first-order valence-electron chi connectivity index (χ1n) is 10.2. The van der Waals surface area contributed by atoms with Gasteiger partial charge >= 0.3 is 0 Å². The molecular weight excluding hydrogens is 349 g/mol. The van der Waals surface area contributed by atoms with E-state index >= 15 is 0 Å². The normalized spacial score (nSPS) is 38.0. The molecule has 152 valence electrons. The van der Waals surface area contributed by atoms with Crippen molar-refractivity contribution >= 4 is 0 Å². The zero-order valence-corrected chi connectivity index (χ0v) is 16.1. The van der Waals surface area contributed by atoms with Gasteiger partial charge in [0.2, 0.25) is 0 Å². The van der Waals surface area contributed by atoms with Crippen LogP contribution >= 0.6 is 0 Å². The topological polar surface area (TPSA) is 66.0 Å². The number of fused-ring (bicyclic) bond motifs is 2. The van der Waals surface area contributed by atoms with Gasteiger partial charge in [0.25, 0.3) is 0 Å². The molecule has 3 N–H and O–H groups in total. The van der Waals surface area contributed by atoms with E-state index in [2.05, 4.69) is 34.9 Å². The number of aliphatic hydroxyl groups is 1. The van der Waals surface area contributed by atoms with Crippen molar-refractivity contribution in [2.75, 3.05) is 33.5 Å². The van der Waals surface area contributed by atoms with Gasteiger partial charge in [0.1, 0.15) is 25.6 Å². The van der Waals surface area contributed by atoms with Gasteiger partial charge in [-0.2, -0.15) is 0 Å². The lowest BCUT2D eigenvalue weighted by Crippen LogP contribution is -2.59. The van der Waals surface area contributed by atoms with Crippen molar-refractivity contribution < 1.29 is 19.0 Å². The second-order valence-electron chi connectivity index (χ2n) is 8.32. The van der Waals surface area contributed by atoms with Gasteiger partial charge in [-0.15, -0.1) is 0 Å². The van der Waals surface area contributed by atoms with Crippen LogP contribution in [0, 0.1) is 5.92 Å². The maximum atomic E-state index is 12.4. The largest absolute Gasteiger partial charge is 0.495 e. The predicted octanol–water partition coefficient (Wildman–Crippen LogP) is 1.28. The lowest BCUT2D eigenvalue weighted by atomic mass is 9.78. The average Bonchev–Trinajstić information content (AvgIpc) is 2.71. The summed E-state index contributed by atoms with van der Waals surface area (Å²) in [6, 6.07) is 0.857. The molecule has 0 aromatic carbocycles. The first kappa shape index (κ1) is 19.2. The molecule has 2 unspecified atom stereocenters. The summed E-state index contributed by atoms with van der Waals surface area (Å²) in [7, 11) is 2.15. The Morgan fingerprint density at radius 2 is 2.30 bits per heavy atom. The molecule has 3 heterocycles. The molecule has 0 aromatic heterocycles. The Labute approximate surface area is 160 Å². The van der Waals surface area contributed by atoms with Crippen molar-refractivity contribution in [2.45, 2.75) is 62.6 Å². The van der Waals surface area contributed by atoms with E-state index in [1.807, 2.05) is 0 Å². The fourth-order valence-electron chi connectivity index (χ4n) is 4.82. The third kappa shape index (κ3) is 4.31. The smallest absolute Gasteiger partial charge is 0.119 e. The Kier molecular flexibility index (Phi) is 6.02. The van der Waals surface area contributed by atoms with Crippen molar-refractivity contribution in [3.63, 3.8) is 0 Å². The highest BCUT2D eigenvalue weighted by Crippen LogP contribution is 2.36. The number of nitrogens with one attached hydrogen (secondary N) is 2. The van der Waals surface area contributed by atoms with Crippen molar-refractivity contribution in [1.82, 2.24) is 15.5 Å². The van der Waals surface area contributed by atoms with Crippen LogP contribution in [0.25, 0.3) is 0 Å². The third-order valence-corrected chi connectivity index (χ3v) is 6.44. The molecule has 27 heavy (non-hydrogen) atoms. The van der Waals surface area contributed by atoms with E-state index in [0.717, 1.165) is 51.0 Å². The van der Waals surface area contributed by atoms with E-state index in [0.29, 0.717) is 18.0 Å². The number of ether oxygens (including phenoxy) is 2. The van der Waals surface area contributed by atoms with Crippen LogP contribution in [0.15, 0.2) is 23.6 Å². The molecule has 0 amide bonds. The Hall–Kier alpha value is -1.15. The Morgan fingerprint density at radius 1 is 1.41 bits per heavy atom. The SMILES string of the molecule is CN1CCO[C@@H]2CC(C3CC[C@@H]4CC(OCC(O)CF)=CC[C@@H]4N3)=CN[C@@H]21. The summed E-state index contributed by atoms with van der Waals surface area (Å²) in [6.07, 6.45) is 8.86. The minimum atomic E-state index is -1.02. The molecule has 7 heteroatoms. The van der Waals surface area contributed by atoms with E-state index < -0.39 is 12.8 Å². The second-order valence-corrected chi connectivity index (χ2v) is 8.32. The zero-order chi connectivity index (χ0) is 18.8. The number of morpholine rings is 1. The maximum absolute atomic E-state index is 12.4. The van der Waals surface area contributed by atoms with Gasteiger partial charge in [-0.05, 0) is 50.1 Å². The fraction of sp³-hybridized carbons (Fsp3) is 0.800. The number of likely N-dealkylation sites (N-methyl/N-ethyl adjacent to an activating group) is 1. The summed E-state index contributed by atoms with van der Waals surface area (Å²) >= 11 is 0. The van der Waals surface area contributed by atoms with E-state index in [9.17, 15) is 9.50 Å². The molecular formula is C20H32FN3O3. The highest BCUT2D eigenvalue weighted by molar-refractivity contribution is 5.19. The summed E-state index contributed by atoms with van der Waals surface area (Å²) in [4.78, 5) is 2.33. The van der Waals surface area contributed by atoms with E-state index in [-0.39, 0.29) is 18.9 Å². The van der Waals surface area contributed by atoms with E-state index in [1.54, 1.807) is 0 Å². The number of halogens is 1. The van der Waals surface area contributed by atoms with Crippen molar-refractivity contribution in [3.8, 4) is 0 Å². The molecule has 4 rings (SSSR count). The summed E-state index contributed by atoms with van der Waals surface area (Å²) in [5.74, 6) is 1.45. The van der Waals surface area contributed by atoms with Crippen LogP contribution in [0.2, 0.25) is 0 Å². The van der Waals surface area contributed by atoms with Crippen molar-refractivity contribution in [1.29, 1.82) is 0 Å². The van der Waals surface area contributed by atoms with Gasteiger partial charge in [0.15, 0.2) is 0 Å². The number of rotatable bonds is 5. The van der Waals surface area contributed by atoms with Crippen LogP contribution < -0.4 is 10.6 Å². The Balaban J connectivity index is 1.32. The lowest BCUT2D eigenvalue weighted by Gasteiger charge is -2.45. The molecule has 2 fully saturated rings. The molecule has 0 spiro atoms. The summed E-state index contributed by atoms with van der Waals surface area (Å²) in [6.45, 7) is 1.07. The molecule has 6 atom stereocenters. The number of alkyl halides is 1. The fourth-order valence-corrected chi connectivity index (χ4v) is 4.82. The summed E-state index contributed by atoms with van der Waals surface area (Å²) < 4.78 is 24.0. The van der Waals surface area contributed by atoms with Crippen LogP contribution in [0.5, 0.6) is 0 Å². The average molecular weight is 381 g/mol. The van der Waals surface area contributed by atoms with Gasteiger partial charge in [-0.25, -0.2) is 4.39 Å². The monoisotopic (exact) mass is 381 g/mol. The summed E-state index contributed by atoms with van der Waals surface area (Å²) in [5, 5.41) is 16.7.